The van der Waals surface area contributed by atoms with Crippen LogP contribution in [-0.4, -0.2) is 34.6 Å². The third kappa shape index (κ3) is 5.46. The van der Waals surface area contributed by atoms with Crippen molar-refractivity contribution in [2.45, 2.75) is 39.7 Å². The molecule has 0 bridgehead atoms. The van der Waals surface area contributed by atoms with E-state index in [0.717, 1.165) is 49.8 Å². The molecule has 2 aromatic heterocycles. The lowest BCUT2D eigenvalue weighted by Gasteiger charge is -2.28. The minimum absolute atomic E-state index is 0.163. The molecule has 0 aliphatic carbocycles. The van der Waals surface area contributed by atoms with Crippen molar-refractivity contribution in [3.63, 3.8) is 0 Å². The number of H-pyrrole nitrogens is 1. The summed E-state index contributed by atoms with van der Waals surface area (Å²) < 4.78 is 5.74. The second-order valence-electron chi connectivity index (χ2n) is 7.09. The van der Waals surface area contributed by atoms with E-state index in [4.69, 9.17) is 10.00 Å². The van der Waals surface area contributed by atoms with Crippen LogP contribution in [0, 0.1) is 11.3 Å². The predicted molar refractivity (Wildman–Crippen MR) is 119 cm³/mol. The molecule has 0 saturated heterocycles. The molecular weight excluding hydrogens is 376 g/mol. The molecule has 0 unspecified atom stereocenters. The summed E-state index contributed by atoms with van der Waals surface area (Å²) in [5.74, 6) is 0.537. The molecule has 0 saturated carbocycles. The Morgan fingerprint density at radius 3 is 2.80 bits per heavy atom. The van der Waals surface area contributed by atoms with Crippen LogP contribution in [0.25, 0.3) is 11.0 Å². The molecular formula is C24H28N4O2. The summed E-state index contributed by atoms with van der Waals surface area (Å²) in [4.78, 5) is 20.9. The van der Waals surface area contributed by atoms with Crippen LogP contribution in [0.1, 0.15) is 43.4 Å². The Morgan fingerprint density at radius 1 is 1.13 bits per heavy atom. The van der Waals surface area contributed by atoms with Crippen LogP contribution in [0.4, 0.5) is 0 Å². The highest BCUT2D eigenvalue weighted by Crippen LogP contribution is 2.20. The van der Waals surface area contributed by atoms with E-state index in [2.05, 4.69) is 27.0 Å². The fraction of sp³-hybridized carbons (Fsp3) is 0.375. The monoisotopic (exact) mass is 404 g/mol. The van der Waals surface area contributed by atoms with Gasteiger partial charge in [-0.1, -0.05) is 19.9 Å². The zero-order chi connectivity index (χ0) is 21.3. The van der Waals surface area contributed by atoms with E-state index < -0.39 is 0 Å². The van der Waals surface area contributed by atoms with Gasteiger partial charge in [-0.3, -0.25) is 9.69 Å². The molecule has 6 heteroatoms. The van der Waals surface area contributed by atoms with Crippen molar-refractivity contribution in [1.29, 1.82) is 5.26 Å². The number of hydrogen-bond acceptors (Lipinski definition) is 5. The molecule has 1 aromatic carbocycles. The van der Waals surface area contributed by atoms with Crippen LogP contribution >= 0.6 is 0 Å². The van der Waals surface area contributed by atoms with Crippen LogP contribution in [0.15, 0.2) is 47.3 Å². The minimum atomic E-state index is -0.163. The summed E-state index contributed by atoms with van der Waals surface area (Å²) in [6.07, 6.45) is 3.00. The topological polar surface area (TPSA) is 82.0 Å². The van der Waals surface area contributed by atoms with E-state index in [9.17, 15) is 4.79 Å². The Balaban J connectivity index is 0.00000124. The largest absolute Gasteiger partial charge is 0.478 e. The first-order chi connectivity index (χ1) is 14.7. The SMILES string of the molecule is CC.N#Cc1ccc2c(c1)CCN(CCCCOc1ccc3ccc(=O)[nH]c3n1)C2. The van der Waals surface area contributed by atoms with Gasteiger partial charge in [0.15, 0.2) is 0 Å². The fourth-order valence-electron chi connectivity index (χ4n) is 3.58. The number of pyridine rings is 2. The molecule has 0 atom stereocenters. The number of nitriles is 1. The summed E-state index contributed by atoms with van der Waals surface area (Å²) >= 11 is 0. The Kier molecular flexibility index (Phi) is 7.58. The molecule has 0 amide bonds. The second-order valence-corrected chi connectivity index (χ2v) is 7.09. The first-order valence-corrected chi connectivity index (χ1v) is 10.6. The minimum Gasteiger partial charge on any atom is -0.478 e. The van der Waals surface area contributed by atoms with E-state index in [1.54, 1.807) is 6.07 Å². The van der Waals surface area contributed by atoms with E-state index in [-0.39, 0.29) is 5.56 Å². The van der Waals surface area contributed by atoms with Crippen molar-refractivity contribution in [1.82, 2.24) is 14.9 Å². The van der Waals surface area contributed by atoms with Gasteiger partial charge >= 0.3 is 0 Å². The number of aromatic amines is 1. The maximum absolute atomic E-state index is 11.4. The van der Waals surface area contributed by atoms with E-state index in [0.29, 0.717) is 18.1 Å². The van der Waals surface area contributed by atoms with Crippen molar-refractivity contribution in [2.24, 2.45) is 0 Å². The molecule has 1 aliphatic heterocycles. The number of fused-ring (bicyclic) bond motifs is 2. The van der Waals surface area contributed by atoms with Gasteiger partial charge in [0.1, 0.15) is 5.65 Å². The quantitative estimate of drug-likeness (QED) is 0.627. The van der Waals surface area contributed by atoms with E-state index >= 15 is 0 Å². The average Bonchev–Trinajstić information content (AvgIpc) is 2.79. The Labute approximate surface area is 177 Å². The third-order valence-corrected chi connectivity index (χ3v) is 5.10. The van der Waals surface area contributed by atoms with Gasteiger partial charge in [-0.25, -0.2) is 0 Å². The molecule has 1 aliphatic rings. The Hall–Kier alpha value is -3.17. The standard InChI is InChI=1S/C22H22N4O2.C2H6/c23-14-16-3-4-19-15-26(11-9-18(19)13-16)10-1-2-12-28-21-8-6-17-5-7-20(27)24-22(17)25-21;1-2/h3-8,13H,1-2,9-12,15H2,(H,24,25,27);1-2H3. The van der Waals surface area contributed by atoms with Gasteiger partial charge in [-0.2, -0.15) is 10.2 Å². The number of nitrogens with one attached hydrogen (secondary N) is 1. The number of rotatable bonds is 6. The van der Waals surface area contributed by atoms with E-state index in [1.807, 2.05) is 38.1 Å². The van der Waals surface area contributed by atoms with Crippen molar-refractivity contribution >= 4 is 11.0 Å². The van der Waals surface area contributed by atoms with Gasteiger partial charge in [0, 0.05) is 30.6 Å². The predicted octanol–water partition coefficient (Wildman–Crippen LogP) is 4.04. The van der Waals surface area contributed by atoms with Crippen LogP contribution in [-0.2, 0) is 13.0 Å². The number of ether oxygens (including phenoxy) is 1. The van der Waals surface area contributed by atoms with Crippen molar-refractivity contribution in [3.05, 3.63) is 69.5 Å². The summed E-state index contributed by atoms with van der Waals surface area (Å²) in [5.41, 5.74) is 3.77. The molecule has 156 valence electrons. The van der Waals surface area contributed by atoms with Gasteiger partial charge in [0.25, 0.3) is 0 Å². The third-order valence-electron chi connectivity index (χ3n) is 5.10. The highest BCUT2D eigenvalue weighted by Gasteiger charge is 2.16. The molecule has 6 nitrogen and oxygen atoms in total. The summed E-state index contributed by atoms with van der Waals surface area (Å²) in [7, 11) is 0. The molecule has 30 heavy (non-hydrogen) atoms. The van der Waals surface area contributed by atoms with Crippen molar-refractivity contribution < 1.29 is 4.74 Å². The van der Waals surface area contributed by atoms with Crippen molar-refractivity contribution in [3.8, 4) is 11.9 Å². The average molecular weight is 405 g/mol. The van der Waals surface area contributed by atoms with Gasteiger partial charge in [0.05, 0.1) is 18.2 Å². The lowest BCUT2D eigenvalue weighted by molar-refractivity contribution is 0.233. The van der Waals surface area contributed by atoms with Crippen LogP contribution in [0.2, 0.25) is 0 Å². The molecule has 0 radical (unpaired) electrons. The second kappa shape index (κ2) is 10.6. The summed E-state index contributed by atoms with van der Waals surface area (Å²) in [5, 5.41) is 9.90. The number of benzene rings is 1. The zero-order valence-electron chi connectivity index (χ0n) is 17.6. The first kappa shape index (κ1) is 21.5. The first-order valence-electron chi connectivity index (χ1n) is 10.6. The van der Waals surface area contributed by atoms with E-state index in [1.165, 1.54) is 17.2 Å². The maximum Gasteiger partial charge on any atom is 0.249 e. The molecule has 0 spiro atoms. The molecule has 3 aromatic rings. The molecule has 1 N–H and O–H groups in total. The smallest absolute Gasteiger partial charge is 0.249 e. The molecule has 3 heterocycles. The maximum atomic E-state index is 11.4. The van der Waals surface area contributed by atoms with Gasteiger partial charge in [0.2, 0.25) is 11.4 Å². The van der Waals surface area contributed by atoms with Gasteiger partial charge in [-0.15, -0.1) is 0 Å². The lowest BCUT2D eigenvalue weighted by Crippen LogP contribution is -2.31. The lowest BCUT2D eigenvalue weighted by atomic mass is 9.97. The zero-order valence-corrected chi connectivity index (χ0v) is 17.6. The Morgan fingerprint density at radius 2 is 1.97 bits per heavy atom. The molecule has 0 fully saturated rings. The van der Waals surface area contributed by atoms with Gasteiger partial charge in [-0.05, 0) is 61.2 Å². The highest BCUT2D eigenvalue weighted by atomic mass is 16.5. The van der Waals surface area contributed by atoms with Crippen LogP contribution < -0.4 is 10.3 Å². The number of nitrogens with zero attached hydrogens (tertiary/aromatic N) is 3. The van der Waals surface area contributed by atoms with Gasteiger partial charge < -0.3 is 9.72 Å². The summed E-state index contributed by atoms with van der Waals surface area (Å²) in [6, 6.07) is 15.2. The normalized spacial score (nSPS) is 13.1. The summed E-state index contributed by atoms with van der Waals surface area (Å²) in [6.45, 7) is 7.61. The Bertz CT molecular complexity index is 1080. The molecule has 4 rings (SSSR count). The van der Waals surface area contributed by atoms with Crippen molar-refractivity contribution in [2.75, 3.05) is 19.7 Å². The number of aromatic nitrogens is 2. The number of unbranched alkanes of at least 4 members (excludes halogenated alkanes) is 1. The van der Waals surface area contributed by atoms with Crippen LogP contribution in [0.3, 0.4) is 0 Å². The highest BCUT2D eigenvalue weighted by molar-refractivity contribution is 5.74. The fourth-order valence-corrected chi connectivity index (χ4v) is 3.58. The number of hydrogen-bond donors (Lipinski definition) is 1. The van der Waals surface area contributed by atoms with Crippen LogP contribution in [0.5, 0.6) is 5.88 Å².